The molecule has 0 saturated heterocycles. The second kappa shape index (κ2) is 7.48. The number of allylic oxidation sites excluding steroid dienone is 1. The van der Waals surface area contributed by atoms with Crippen LogP contribution in [0.5, 0.6) is 11.5 Å². The van der Waals surface area contributed by atoms with Crippen molar-refractivity contribution in [2.45, 2.75) is 25.3 Å². The van der Waals surface area contributed by atoms with Crippen LogP contribution in [-0.4, -0.2) is 29.6 Å². The topological polar surface area (TPSA) is 78.9 Å². The summed E-state index contributed by atoms with van der Waals surface area (Å²) in [5.74, 6) is 1.23. The van der Waals surface area contributed by atoms with E-state index in [1.165, 1.54) is 5.57 Å². The Labute approximate surface area is 163 Å². The first-order valence-electron chi connectivity index (χ1n) is 9.30. The SMILES string of the molecule is COc1ccc(-c2cc(=O)n3cc(C4=CCC(N)CC4)ccc3n2)cc1OC. The zero-order chi connectivity index (χ0) is 19.7. The smallest absolute Gasteiger partial charge is 0.258 e. The maximum Gasteiger partial charge on any atom is 0.258 e. The van der Waals surface area contributed by atoms with E-state index in [1.54, 1.807) is 30.8 Å². The summed E-state index contributed by atoms with van der Waals surface area (Å²) >= 11 is 0. The van der Waals surface area contributed by atoms with E-state index in [9.17, 15) is 4.79 Å². The molecule has 0 radical (unpaired) electrons. The summed E-state index contributed by atoms with van der Waals surface area (Å²) in [6.45, 7) is 0. The highest BCUT2D eigenvalue weighted by Gasteiger charge is 2.14. The molecule has 1 aromatic carbocycles. The molecule has 1 aliphatic carbocycles. The molecule has 6 heteroatoms. The quantitative estimate of drug-likeness (QED) is 0.755. The Morgan fingerprint density at radius 2 is 1.86 bits per heavy atom. The third kappa shape index (κ3) is 3.39. The normalized spacial score (nSPS) is 16.7. The molecular weight excluding hydrogens is 354 g/mol. The molecule has 1 unspecified atom stereocenters. The predicted octanol–water partition coefficient (Wildman–Crippen LogP) is 3.27. The Morgan fingerprint density at radius 3 is 2.57 bits per heavy atom. The van der Waals surface area contributed by atoms with Crippen LogP contribution in [-0.2, 0) is 0 Å². The number of pyridine rings is 1. The molecule has 3 aromatic rings. The first kappa shape index (κ1) is 18.3. The molecule has 6 nitrogen and oxygen atoms in total. The van der Waals surface area contributed by atoms with Crippen LogP contribution >= 0.6 is 0 Å². The van der Waals surface area contributed by atoms with Gasteiger partial charge in [0.25, 0.3) is 5.56 Å². The fourth-order valence-corrected chi connectivity index (χ4v) is 3.55. The largest absolute Gasteiger partial charge is 0.493 e. The van der Waals surface area contributed by atoms with E-state index in [1.807, 2.05) is 30.5 Å². The molecule has 0 aliphatic heterocycles. The van der Waals surface area contributed by atoms with Gasteiger partial charge < -0.3 is 15.2 Å². The number of nitrogens with two attached hydrogens (primary N) is 1. The minimum atomic E-state index is -0.121. The highest BCUT2D eigenvalue weighted by Crippen LogP contribution is 2.31. The fourth-order valence-electron chi connectivity index (χ4n) is 3.55. The average Bonchev–Trinajstić information content (AvgIpc) is 2.73. The predicted molar refractivity (Wildman–Crippen MR) is 110 cm³/mol. The van der Waals surface area contributed by atoms with Crippen LogP contribution in [0, 0.1) is 0 Å². The van der Waals surface area contributed by atoms with Crippen LogP contribution in [0.3, 0.4) is 0 Å². The van der Waals surface area contributed by atoms with Crippen molar-refractivity contribution in [3.63, 3.8) is 0 Å². The number of rotatable bonds is 4. The number of fused-ring (bicyclic) bond motifs is 1. The summed E-state index contributed by atoms with van der Waals surface area (Å²) in [4.78, 5) is 17.4. The highest BCUT2D eigenvalue weighted by molar-refractivity contribution is 5.69. The summed E-state index contributed by atoms with van der Waals surface area (Å²) in [6, 6.07) is 11.2. The van der Waals surface area contributed by atoms with Crippen molar-refractivity contribution in [3.05, 3.63) is 64.6 Å². The van der Waals surface area contributed by atoms with Gasteiger partial charge in [0.15, 0.2) is 11.5 Å². The third-order valence-corrected chi connectivity index (χ3v) is 5.16. The van der Waals surface area contributed by atoms with Gasteiger partial charge in [-0.15, -0.1) is 0 Å². The molecule has 2 heterocycles. The first-order chi connectivity index (χ1) is 13.6. The lowest BCUT2D eigenvalue weighted by atomic mass is 9.92. The zero-order valence-electron chi connectivity index (χ0n) is 16.0. The second-order valence-electron chi connectivity index (χ2n) is 6.96. The summed E-state index contributed by atoms with van der Waals surface area (Å²) in [6.07, 6.45) is 6.81. The van der Waals surface area contributed by atoms with E-state index in [2.05, 4.69) is 11.1 Å². The van der Waals surface area contributed by atoms with Crippen molar-refractivity contribution in [1.82, 2.24) is 9.38 Å². The summed E-state index contributed by atoms with van der Waals surface area (Å²) in [5.41, 5.74) is 10.1. The maximum atomic E-state index is 12.8. The number of nitrogens with zero attached hydrogens (tertiary/aromatic N) is 2. The van der Waals surface area contributed by atoms with E-state index in [4.69, 9.17) is 15.2 Å². The van der Waals surface area contributed by atoms with Crippen LogP contribution in [0.15, 0.2) is 53.5 Å². The van der Waals surface area contributed by atoms with Gasteiger partial charge in [-0.05, 0) is 60.7 Å². The van der Waals surface area contributed by atoms with Crippen LogP contribution in [0.1, 0.15) is 24.8 Å². The monoisotopic (exact) mass is 377 g/mol. The fraction of sp³-hybridized carbons (Fsp3) is 0.273. The standard InChI is InChI=1S/C22H23N3O3/c1-27-19-9-5-15(11-20(19)28-2)18-12-22(26)25-13-16(6-10-21(25)24-18)14-3-7-17(23)8-4-14/h3,5-6,9-13,17H,4,7-8,23H2,1-2H3. The zero-order valence-corrected chi connectivity index (χ0v) is 16.0. The molecule has 2 aromatic heterocycles. The molecule has 4 rings (SSSR count). The van der Waals surface area contributed by atoms with Crippen molar-refractivity contribution < 1.29 is 9.47 Å². The van der Waals surface area contributed by atoms with Crippen molar-refractivity contribution >= 4 is 11.2 Å². The van der Waals surface area contributed by atoms with E-state index >= 15 is 0 Å². The van der Waals surface area contributed by atoms with E-state index in [0.717, 1.165) is 30.4 Å². The molecule has 0 spiro atoms. The molecule has 0 fully saturated rings. The van der Waals surface area contributed by atoms with Gasteiger partial charge in [0.05, 0.1) is 19.9 Å². The Hall–Kier alpha value is -3.12. The summed E-state index contributed by atoms with van der Waals surface area (Å²) in [7, 11) is 3.17. The van der Waals surface area contributed by atoms with Crippen molar-refractivity contribution in [2.24, 2.45) is 5.73 Å². The number of hydrogen-bond acceptors (Lipinski definition) is 5. The number of aromatic nitrogens is 2. The van der Waals surface area contributed by atoms with Crippen molar-refractivity contribution in [3.8, 4) is 22.8 Å². The first-order valence-corrected chi connectivity index (χ1v) is 9.30. The van der Waals surface area contributed by atoms with Crippen molar-refractivity contribution in [2.75, 3.05) is 14.2 Å². The van der Waals surface area contributed by atoms with Crippen LogP contribution in [0.4, 0.5) is 0 Å². The molecule has 144 valence electrons. The molecule has 2 N–H and O–H groups in total. The minimum absolute atomic E-state index is 0.121. The molecular formula is C22H23N3O3. The molecule has 0 bridgehead atoms. The lowest BCUT2D eigenvalue weighted by Gasteiger charge is -2.18. The number of benzene rings is 1. The van der Waals surface area contributed by atoms with Gasteiger partial charge in [-0.1, -0.05) is 6.08 Å². The molecule has 28 heavy (non-hydrogen) atoms. The Balaban J connectivity index is 1.76. The Morgan fingerprint density at radius 1 is 1.07 bits per heavy atom. The number of hydrogen-bond donors (Lipinski definition) is 1. The van der Waals surface area contributed by atoms with E-state index in [0.29, 0.717) is 22.8 Å². The molecule has 1 atom stereocenters. The Kier molecular flexibility index (Phi) is 4.88. The number of ether oxygens (including phenoxy) is 2. The van der Waals surface area contributed by atoms with Gasteiger partial charge in [-0.25, -0.2) is 4.98 Å². The second-order valence-corrected chi connectivity index (χ2v) is 6.96. The molecule has 1 aliphatic rings. The molecule has 0 saturated carbocycles. The lowest BCUT2D eigenvalue weighted by molar-refractivity contribution is 0.355. The van der Waals surface area contributed by atoms with E-state index in [-0.39, 0.29) is 11.6 Å². The van der Waals surface area contributed by atoms with E-state index < -0.39 is 0 Å². The Bertz CT molecular complexity index is 1120. The summed E-state index contributed by atoms with van der Waals surface area (Å²) in [5, 5.41) is 0. The average molecular weight is 377 g/mol. The van der Waals surface area contributed by atoms with Crippen LogP contribution in [0.2, 0.25) is 0 Å². The van der Waals surface area contributed by atoms with Crippen molar-refractivity contribution in [1.29, 1.82) is 0 Å². The minimum Gasteiger partial charge on any atom is -0.493 e. The number of methoxy groups -OCH3 is 2. The molecule has 0 amide bonds. The maximum absolute atomic E-state index is 12.8. The van der Waals surface area contributed by atoms with Crippen LogP contribution < -0.4 is 20.8 Å². The lowest BCUT2D eigenvalue weighted by Crippen LogP contribution is -2.21. The van der Waals surface area contributed by atoms with Gasteiger partial charge >= 0.3 is 0 Å². The van der Waals surface area contributed by atoms with Gasteiger partial charge in [-0.3, -0.25) is 9.20 Å². The van der Waals surface area contributed by atoms with Gasteiger partial charge in [-0.2, -0.15) is 0 Å². The van der Waals surface area contributed by atoms with Gasteiger partial charge in [0.2, 0.25) is 0 Å². The van der Waals surface area contributed by atoms with Gasteiger partial charge in [0.1, 0.15) is 5.65 Å². The highest BCUT2D eigenvalue weighted by atomic mass is 16.5. The van der Waals surface area contributed by atoms with Crippen LogP contribution in [0.25, 0.3) is 22.5 Å². The van der Waals surface area contributed by atoms with Gasteiger partial charge in [0, 0.05) is 23.9 Å². The summed E-state index contributed by atoms with van der Waals surface area (Å²) < 4.78 is 12.2. The third-order valence-electron chi connectivity index (χ3n) is 5.16.